The minimum Gasteiger partial charge on any atom is -0.494 e. The van der Waals surface area contributed by atoms with Crippen molar-refractivity contribution in [1.82, 2.24) is 0 Å². The Kier molecular flexibility index (Phi) is 3.72. The molecular weight excluding hydrogens is 190 g/mol. The van der Waals surface area contributed by atoms with Crippen LogP contribution in [0.2, 0.25) is 0 Å². The maximum absolute atomic E-state index is 11.0. The zero-order chi connectivity index (χ0) is 11.4. The Balaban J connectivity index is 3.14. The maximum Gasteiger partial charge on any atom is 0.248 e. The van der Waals surface area contributed by atoms with Crippen LogP contribution in [0.3, 0.4) is 0 Å². The Labute approximate surface area is 90.2 Å². The summed E-state index contributed by atoms with van der Waals surface area (Å²) in [6.07, 6.45) is 0. The van der Waals surface area contributed by atoms with E-state index in [9.17, 15) is 4.79 Å². The van der Waals surface area contributed by atoms with E-state index in [0.717, 1.165) is 11.3 Å². The van der Waals surface area contributed by atoms with Crippen LogP contribution < -0.4 is 10.5 Å². The summed E-state index contributed by atoms with van der Waals surface area (Å²) >= 11 is 0. The number of rotatable bonds is 4. The van der Waals surface area contributed by atoms with Crippen molar-refractivity contribution in [2.75, 3.05) is 6.61 Å². The third-order valence-electron chi connectivity index (χ3n) is 2.22. The fourth-order valence-electron chi connectivity index (χ4n) is 1.44. The van der Waals surface area contributed by atoms with Gasteiger partial charge in [0, 0.05) is 5.56 Å². The lowest BCUT2D eigenvalue weighted by atomic mass is 9.99. The quantitative estimate of drug-likeness (QED) is 0.823. The first-order valence-corrected chi connectivity index (χ1v) is 5.12. The van der Waals surface area contributed by atoms with Crippen molar-refractivity contribution in [2.45, 2.75) is 26.7 Å². The molecule has 0 radical (unpaired) electrons. The lowest BCUT2D eigenvalue weighted by Crippen LogP contribution is -2.11. The second-order valence-electron chi connectivity index (χ2n) is 3.70. The van der Waals surface area contributed by atoms with Crippen LogP contribution >= 0.6 is 0 Å². The molecule has 1 aromatic carbocycles. The molecule has 0 fully saturated rings. The van der Waals surface area contributed by atoms with Gasteiger partial charge in [0.15, 0.2) is 0 Å². The molecule has 2 N–H and O–H groups in total. The van der Waals surface area contributed by atoms with Gasteiger partial charge in [0.25, 0.3) is 0 Å². The number of hydrogen-bond acceptors (Lipinski definition) is 2. The van der Waals surface area contributed by atoms with E-state index in [2.05, 4.69) is 13.8 Å². The number of primary amides is 1. The minimum absolute atomic E-state index is 0.311. The van der Waals surface area contributed by atoms with Gasteiger partial charge in [-0.25, -0.2) is 0 Å². The standard InChI is InChI=1S/C12H17NO2/c1-4-15-11-6-5-9(12(13)14)7-10(11)8(2)3/h5-8H,4H2,1-3H3,(H2,13,14). The first kappa shape index (κ1) is 11.6. The molecule has 0 spiro atoms. The molecule has 0 unspecified atom stereocenters. The molecule has 0 saturated carbocycles. The number of nitrogens with two attached hydrogens (primary N) is 1. The van der Waals surface area contributed by atoms with E-state index < -0.39 is 5.91 Å². The van der Waals surface area contributed by atoms with Crippen LogP contribution in [-0.2, 0) is 0 Å². The molecule has 0 aliphatic rings. The molecule has 15 heavy (non-hydrogen) atoms. The van der Waals surface area contributed by atoms with Crippen LogP contribution in [-0.4, -0.2) is 12.5 Å². The van der Waals surface area contributed by atoms with Gasteiger partial charge >= 0.3 is 0 Å². The Morgan fingerprint density at radius 3 is 2.60 bits per heavy atom. The average molecular weight is 207 g/mol. The molecule has 0 aliphatic carbocycles. The molecule has 0 atom stereocenters. The third-order valence-corrected chi connectivity index (χ3v) is 2.22. The van der Waals surface area contributed by atoms with Crippen molar-refractivity contribution < 1.29 is 9.53 Å². The van der Waals surface area contributed by atoms with E-state index >= 15 is 0 Å². The lowest BCUT2D eigenvalue weighted by molar-refractivity contribution is 0.1000. The zero-order valence-electron chi connectivity index (χ0n) is 9.41. The number of hydrogen-bond donors (Lipinski definition) is 1. The van der Waals surface area contributed by atoms with Gasteiger partial charge in [-0.2, -0.15) is 0 Å². The van der Waals surface area contributed by atoms with Crippen molar-refractivity contribution in [3.05, 3.63) is 29.3 Å². The van der Waals surface area contributed by atoms with E-state index in [0.29, 0.717) is 18.1 Å². The minimum atomic E-state index is -0.403. The molecule has 0 aliphatic heterocycles. The van der Waals surface area contributed by atoms with Crippen LogP contribution in [0.4, 0.5) is 0 Å². The van der Waals surface area contributed by atoms with Gasteiger partial charge in [0.05, 0.1) is 6.61 Å². The summed E-state index contributed by atoms with van der Waals surface area (Å²) in [7, 11) is 0. The summed E-state index contributed by atoms with van der Waals surface area (Å²) in [5.74, 6) is 0.739. The SMILES string of the molecule is CCOc1ccc(C(N)=O)cc1C(C)C. The van der Waals surface area contributed by atoms with Gasteiger partial charge in [-0.15, -0.1) is 0 Å². The second kappa shape index (κ2) is 4.82. The third kappa shape index (κ3) is 2.72. The number of ether oxygens (including phenoxy) is 1. The Morgan fingerprint density at radius 1 is 1.47 bits per heavy atom. The predicted octanol–water partition coefficient (Wildman–Crippen LogP) is 2.31. The van der Waals surface area contributed by atoms with Crippen LogP contribution in [0, 0.1) is 0 Å². The Bertz CT molecular complexity index is 359. The van der Waals surface area contributed by atoms with Crippen LogP contribution in [0.15, 0.2) is 18.2 Å². The van der Waals surface area contributed by atoms with Gasteiger partial charge in [-0.05, 0) is 36.6 Å². The lowest BCUT2D eigenvalue weighted by Gasteiger charge is -2.13. The van der Waals surface area contributed by atoms with Crippen LogP contribution in [0.25, 0.3) is 0 Å². The summed E-state index contributed by atoms with van der Waals surface area (Å²) in [6, 6.07) is 5.30. The Hall–Kier alpha value is -1.51. The summed E-state index contributed by atoms with van der Waals surface area (Å²) in [6.45, 7) is 6.67. The van der Waals surface area contributed by atoms with Crippen molar-refractivity contribution in [3.8, 4) is 5.75 Å². The van der Waals surface area contributed by atoms with Crippen molar-refractivity contribution in [1.29, 1.82) is 0 Å². The summed E-state index contributed by atoms with van der Waals surface area (Å²) in [5.41, 5.74) is 6.78. The zero-order valence-corrected chi connectivity index (χ0v) is 9.41. The smallest absolute Gasteiger partial charge is 0.248 e. The van der Waals surface area contributed by atoms with E-state index in [1.54, 1.807) is 18.2 Å². The molecule has 1 rings (SSSR count). The Morgan fingerprint density at radius 2 is 2.13 bits per heavy atom. The highest BCUT2D eigenvalue weighted by Gasteiger charge is 2.10. The first-order chi connectivity index (χ1) is 7.06. The van der Waals surface area contributed by atoms with Crippen molar-refractivity contribution >= 4 is 5.91 Å². The highest BCUT2D eigenvalue weighted by atomic mass is 16.5. The average Bonchev–Trinajstić information content (AvgIpc) is 2.18. The molecule has 3 nitrogen and oxygen atoms in total. The predicted molar refractivity (Wildman–Crippen MR) is 60.2 cm³/mol. The second-order valence-corrected chi connectivity index (χ2v) is 3.70. The molecular formula is C12H17NO2. The fourth-order valence-corrected chi connectivity index (χ4v) is 1.44. The van der Waals surface area contributed by atoms with Crippen LogP contribution in [0.5, 0.6) is 5.75 Å². The highest BCUT2D eigenvalue weighted by molar-refractivity contribution is 5.93. The summed E-state index contributed by atoms with van der Waals surface area (Å²) < 4.78 is 5.48. The molecule has 0 heterocycles. The maximum atomic E-state index is 11.0. The highest BCUT2D eigenvalue weighted by Crippen LogP contribution is 2.27. The molecule has 1 amide bonds. The van der Waals surface area contributed by atoms with Gasteiger partial charge in [0.2, 0.25) is 5.91 Å². The fraction of sp³-hybridized carbons (Fsp3) is 0.417. The summed E-state index contributed by atoms with van der Waals surface area (Å²) in [5, 5.41) is 0. The number of carbonyl (C=O) groups excluding carboxylic acids is 1. The van der Waals surface area contributed by atoms with E-state index in [-0.39, 0.29) is 0 Å². The molecule has 0 bridgehead atoms. The van der Waals surface area contributed by atoms with Gasteiger partial charge in [-0.1, -0.05) is 13.8 Å². The monoisotopic (exact) mass is 207 g/mol. The normalized spacial score (nSPS) is 10.4. The number of benzene rings is 1. The van der Waals surface area contributed by atoms with Crippen LogP contribution in [0.1, 0.15) is 42.6 Å². The topological polar surface area (TPSA) is 52.3 Å². The summed E-state index contributed by atoms with van der Waals surface area (Å²) in [4.78, 5) is 11.0. The molecule has 1 aromatic rings. The molecule has 0 aromatic heterocycles. The van der Waals surface area contributed by atoms with Gasteiger partial charge < -0.3 is 10.5 Å². The van der Waals surface area contributed by atoms with E-state index in [1.165, 1.54) is 0 Å². The van der Waals surface area contributed by atoms with Crippen molar-refractivity contribution in [3.63, 3.8) is 0 Å². The van der Waals surface area contributed by atoms with E-state index in [1.807, 2.05) is 6.92 Å². The number of amides is 1. The largest absolute Gasteiger partial charge is 0.494 e. The van der Waals surface area contributed by atoms with Gasteiger partial charge in [0.1, 0.15) is 5.75 Å². The molecule has 82 valence electrons. The molecule has 3 heteroatoms. The van der Waals surface area contributed by atoms with Crippen molar-refractivity contribution in [2.24, 2.45) is 5.73 Å². The first-order valence-electron chi connectivity index (χ1n) is 5.12. The van der Waals surface area contributed by atoms with E-state index in [4.69, 9.17) is 10.5 Å². The number of carbonyl (C=O) groups is 1. The van der Waals surface area contributed by atoms with Gasteiger partial charge in [-0.3, -0.25) is 4.79 Å². The molecule has 0 saturated heterocycles.